The number of nitrogens with one attached hydrogen (secondary N) is 2. The number of amides is 1. The van der Waals surface area contributed by atoms with Crippen LogP contribution in [0.4, 0.5) is 5.69 Å². The van der Waals surface area contributed by atoms with E-state index in [1.807, 2.05) is 44.2 Å². The van der Waals surface area contributed by atoms with Crippen LogP contribution < -0.4 is 5.32 Å². The van der Waals surface area contributed by atoms with Gasteiger partial charge in [0.2, 0.25) is 0 Å². The first-order valence-corrected chi connectivity index (χ1v) is 6.45. The summed E-state index contributed by atoms with van der Waals surface area (Å²) in [6.07, 6.45) is 1.71. The van der Waals surface area contributed by atoms with Crippen LogP contribution in [0.25, 0.3) is 10.9 Å². The van der Waals surface area contributed by atoms with Crippen LogP contribution in [0.1, 0.15) is 21.5 Å². The van der Waals surface area contributed by atoms with E-state index < -0.39 is 0 Å². The summed E-state index contributed by atoms with van der Waals surface area (Å²) in [6, 6.07) is 11.5. The highest BCUT2D eigenvalue weighted by molar-refractivity contribution is 6.06. The fourth-order valence-corrected chi connectivity index (χ4v) is 2.15. The van der Waals surface area contributed by atoms with Crippen molar-refractivity contribution < 1.29 is 4.79 Å². The maximum Gasteiger partial charge on any atom is 0.255 e. The van der Waals surface area contributed by atoms with Crippen LogP contribution in [-0.4, -0.2) is 16.1 Å². The number of hydrogen-bond donors (Lipinski definition) is 2. The molecule has 1 aromatic heterocycles. The summed E-state index contributed by atoms with van der Waals surface area (Å²) >= 11 is 0. The van der Waals surface area contributed by atoms with Gasteiger partial charge in [0.1, 0.15) is 0 Å². The van der Waals surface area contributed by atoms with Gasteiger partial charge in [0.05, 0.1) is 11.7 Å². The number of H-pyrrole nitrogens is 1. The van der Waals surface area contributed by atoms with Gasteiger partial charge in [-0.3, -0.25) is 9.89 Å². The smallest absolute Gasteiger partial charge is 0.255 e. The third-order valence-electron chi connectivity index (χ3n) is 3.34. The number of rotatable bonds is 2. The Morgan fingerprint density at radius 1 is 1.15 bits per heavy atom. The summed E-state index contributed by atoms with van der Waals surface area (Å²) in [5.41, 5.74) is 4.57. The molecule has 0 unspecified atom stereocenters. The standard InChI is InChI=1S/C16H15N3O/c1-10-3-4-11(2)15(7-10)18-16(20)12-5-6-14-13(8-12)9-17-19-14/h3-9H,1-2H3,(H,17,19)(H,18,20). The van der Waals surface area contributed by atoms with Crippen LogP contribution in [0.3, 0.4) is 0 Å². The maximum atomic E-state index is 12.3. The van der Waals surface area contributed by atoms with E-state index in [2.05, 4.69) is 15.5 Å². The van der Waals surface area contributed by atoms with E-state index in [1.165, 1.54) is 0 Å². The van der Waals surface area contributed by atoms with Gasteiger partial charge in [-0.1, -0.05) is 12.1 Å². The molecule has 3 rings (SSSR count). The lowest BCUT2D eigenvalue weighted by Crippen LogP contribution is -2.12. The van der Waals surface area contributed by atoms with Gasteiger partial charge in [0, 0.05) is 16.6 Å². The zero-order chi connectivity index (χ0) is 14.1. The summed E-state index contributed by atoms with van der Waals surface area (Å²) in [5, 5.41) is 10.7. The number of aromatic amines is 1. The van der Waals surface area contributed by atoms with Crippen molar-refractivity contribution in [2.75, 3.05) is 5.32 Å². The third kappa shape index (κ3) is 2.28. The van der Waals surface area contributed by atoms with Crippen molar-refractivity contribution >= 4 is 22.5 Å². The molecule has 0 aliphatic rings. The number of benzene rings is 2. The number of fused-ring (bicyclic) bond motifs is 1. The number of anilines is 1. The summed E-state index contributed by atoms with van der Waals surface area (Å²) in [5.74, 6) is -0.109. The number of hydrogen-bond acceptors (Lipinski definition) is 2. The Hall–Kier alpha value is -2.62. The zero-order valence-corrected chi connectivity index (χ0v) is 11.4. The molecular weight excluding hydrogens is 250 g/mol. The van der Waals surface area contributed by atoms with Gasteiger partial charge in [0.15, 0.2) is 0 Å². The second-order valence-corrected chi connectivity index (χ2v) is 4.94. The van der Waals surface area contributed by atoms with Gasteiger partial charge in [-0.2, -0.15) is 5.10 Å². The molecule has 0 fully saturated rings. The van der Waals surface area contributed by atoms with Gasteiger partial charge in [-0.05, 0) is 49.2 Å². The topological polar surface area (TPSA) is 57.8 Å². The van der Waals surface area contributed by atoms with Crippen LogP contribution in [0, 0.1) is 13.8 Å². The van der Waals surface area contributed by atoms with Crippen LogP contribution in [0.5, 0.6) is 0 Å². The van der Waals surface area contributed by atoms with Crippen LogP contribution in [-0.2, 0) is 0 Å². The van der Waals surface area contributed by atoms with Gasteiger partial charge < -0.3 is 5.32 Å². The maximum absolute atomic E-state index is 12.3. The van der Waals surface area contributed by atoms with E-state index in [9.17, 15) is 4.79 Å². The molecule has 0 radical (unpaired) electrons. The molecule has 0 saturated heterocycles. The molecule has 0 atom stereocenters. The Balaban J connectivity index is 1.90. The fraction of sp³-hybridized carbons (Fsp3) is 0.125. The lowest BCUT2D eigenvalue weighted by molar-refractivity contribution is 0.102. The van der Waals surface area contributed by atoms with Crippen molar-refractivity contribution in [3.63, 3.8) is 0 Å². The highest BCUT2D eigenvalue weighted by Gasteiger charge is 2.09. The average molecular weight is 265 g/mol. The monoisotopic (exact) mass is 265 g/mol. The Bertz CT molecular complexity index is 789. The second-order valence-electron chi connectivity index (χ2n) is 4.94. The predicted octanol–water partition coefficient (Wildman–Crippen LogP) is 3.43. The van der Waals surface area contributed by atoms with Crippen molar-refractivity contribution in [1.29, 1.82) is 0 Å². The van der Waals surface area contributed by atoms with E-state index >= 15 is 0 Å². The van der Waals surface area contributed by atoms with E-state index in [1.54, 1.807) is 12.3 Å². The van der Waals surface area contributed by atoms with Crippen LogP contribution >= 0.6 is 0 Å². The minimum atomic E-state index is -0.109. The Kier molecular flexibility index (Phi) is 2.99. The second kappa shape index (κ2) is 4.81. The zero-order valence-electron chi connectivity index (χ0n) is 11.4. The molecule has 1 heterocycles. The average Bonchev–Trinajstić information content (AvgIpc) is 2.90. The molecular formula is C16H15N3O. The molecule has 0 bridgehead atoms. The number of carbonyl (C=O) groups excluding carboxylic acids is 1. The highest BCUT2D eigenvalue weighted by atomic mass is 16.1. The molecule has 0 spiro atoms. The minimum Gasteiger partial charge on any atom is -0.322 e. The molecule has 20 heavy (non-hydrogen) atoms. The molecule has 1 amide bonds. The molecule has 2 aromatic carbocycles. The lowest BCUT2D eigenvalue weighted by Gasteiger charge is -2.09. The van der Waals surface area contributed by atoms with Crippen molar-refractivity contribution in [3.05, 3.63) is 59.3 Å². The highest BCUT2D eigenvalue weighted by Crippen LogP contribution is 2.19. The quantitative estimate of drug-likeness (QED) is 0.745. The molecule has 0 aliphatic carbocycles. The van der Waals surface area contributed by atoms with Crippen molar-refractivity contribution in [2.45, 2.75) is 13.8 Å². The lowest BCUT2D eigenvalue weighted by atomic mass is 10.1. The number of carbonyl (C=O) groups is 1. The van der Waals surface area contributed by atoms with Gasteiger partial charge in [-0.25, -0.2) is 0 Å². The Labute approximate surface area is 116 Å². The van der Waals surface area contributed by atoms with Crippen LogP contribution in [0.2, 0.25) is 0 Å². The summed E-state index contributed by atoms with van der Waals surface area (Å²) in [6.45, 7) is 3.99. The number of aromatic nitrogens is 2. The summed E-state index contributed by atoms with van der Waals surface area (Å²) in [4.78, 5) is 12.3. The molecule has 0 saturated carbocycles. The first kappa shape index (κ1) is 12.4. The summed E-state index contributed by atoms with van der Waals surface area (Å²) in [7, 11) is 0. The number of aryl methyl sites for hydroxylation is 2. The Morgan fingerprint density at radius 3 is 2.85 bits per heavy atom. The van der Waals surface area contributed by atoms with Crippen molar-refractivity contribution in [1.82, 2.24) is 10.2 Å². The van der Waals surface area contributed by atoms with E-state index in [0.717, 1.165) is 27.7 Å². The van der Waals surface area contributed by atoms with Gasteiger partial charge in [-0.15, -0.1) is 0 Å². The first-order chi connectivity index (χ1) is 9.63. The minimum absolute atomic E-state index is 0.109. The van der Waals surface area contributed by atoms with Crippen LogP contribution in [0.15, 0.2) is 42.6 Å². The van der Waals surface area contributed by atoms with E-state index in [-0.39, 0.29) is 5.91 Å². The largest absolute Gasteiger partial charge is 0.322 e. The third-order valence-corrected chi connectivity index (χ3v) is 3.34. The molecule has 4 nitrogen and oxygen atoms in total. The molecule has 2 N–H and O–H groups in total. The molecule has 100 valence electrons. The predicted molar refractivity (Wildman–Crippen MR) is 80.0 cm³/mol. The first-order valence-electron chi connectivity index (χ1n) is 6.45. The molecule has 3 aromatic rings. The molecule has 0 aliphatic heterocycles. The number of nitrogens with zero attached hydrogens (tertiary/aromatic N) is 1. The van der Waals surface area contributed by atoms with Crippen molar-refractivity contribution in [3.8, 4) is 0 Å². The Morgan fingerprint density at radius 2 is 2.00 bits per heavy atom. The van der Waals surface area contributed by atoms with Gasteiger partial charge in [0.25, 0.3) is 5.91 Å². The SMILES string of the molecule is Cc1ccc(C)c(NC(=O)c2ccc3[nH]ncc3c2)c1. The van der Waals surface area contributed by atoms with E-state index in [4.69, 9.17) is 0 Å². The van der Waals surface area contributed by atoms with Crippen molar-refractivity contribution in [2.24, 2.45) is 0 Å². The summed E-state index contributed by atoms with van der Waals surface area (Å²) < 4.78 is 0. The normalized spacial score (nSPS) is 10.7. The van der Waals surface area contributed by atoms with Gasteiger partial charge >= 0.3 is 0 Å². The molecule has 4 heteroatoms. The fourth-order valence-electron chi connectivity index (χ4n) is 2.15. The van der Waals surface area contributed by atoms with E-state index in [0.29, 0.717) is 5.56 Å².